The second kappa shape index (κ2) is 11.6. The first-order valence-electron chi connectivity index (χ1n) is 8.46. The van der Waals surface area contributed by atoms with Crippen molar-refractivity contribution < 1.29 is 4.74 Å². The first kappa shape index (κ1) is 22.1. The molecule has 0 saturated carbocycles. The normalized spacial score (nSPS) is 10.7. The average molecular weight is 468 g/mol. The molecule has 0 atom stereocenters. The quantitative estimate of drug-likeness (QED) is 0.384. The summed E-state index contributed by atoms with van der Waals surface area (Å²) in [6.45, 7) is 2.10. The van der Waals surface area contributed by atoms with E-state index in [0.29, 0.717) is 6.61 Å². The smallest absolute Gasteiger partial charge is 0.193 e. The van der Waals surface area contributed by atoms with Gasteiger partial charge in [0, 0.05) is 40.4 Å². The number of nitrogens with zero attached hydrogens (tertiary/aromatic N) is 3. The Morgan fingerprint density at radius 2 is 1.77 bits per heavy atom. The summed E-state index contributed by atoms with van der Waals surface area (Å²) in [6, 6.07) is 18.3. The number of halogens is 1. The van der Waals surface area contributed by atoms with Gasteiger partial charge in [-0.05, 0) is 29.8 Å². The minimum Gasteiger partial charge on any atom is -0.492 e. The lowest BCUT2D eigenvalue weighted by Gasteiger charge is -2.22. The number of nitrogens with one attached hydrogen (secondary N) is 1. The molecule has 0 aromatic heterocycles. The molecule has 6 heteroatoms. The van der Waals surface area contributed by atoms with Gasteiger partial charge in [-0.3, -0.25) is 4.99 Å². The molecular weight excluding hydrogens is 439 g/mol. The molecule has 0 aliphatic carbocycles. The molecule has 0 aliphatic rings. The molecule has 2 aromatic rings. The molecule has 26 heavy (non-hydrogen) atoms. The van der Waals surface area contributed by atoms with Crippen LogP contribution in [0, 0.1) is 0 Å². The minimum absolute atomic E-state index is 0. The fraction of sp³-hybridized carbons (Fsp3) is 0.350. The van der Waals surface area contributed by atoms with Crippen LogP contribution in [0.15, 0.2) is 59.6 Å². The Morgan fingerprint density at radius 1 is 1.04 bits per heavy atom. The van der Waals surface area contributed by atoms with Gasteiger partial charge < -0.3 is 19.9 Å². The topological polar surface area (TPSA) is 40.1 Å². The third kappa shape index (κ3) is 7.11. The molecule has 0 saturated heterocycles. The van der Waals surface area contributed by atoms with Crippen LogP contribution in [0.4, 0.5) is 5.69 Å². The number of likely N-dealkylation sites (N-methyl/N-ethyl adjacent to an activating group) is 1. The van der Waals surface area contributed by atoms with E-state index >= 15 is 0 Å². The molecule has 5 nitrogen and oxygen atoms in total. The van der Waals surface area contributed by atoms with Gasteiger partial charge in [-0.15, -0.1) is 24.0 Å². The molecule has 142 valence electrons. The average Bonchev–Trinajstić information content (AvgIpc) is 2.63. The van der Waals surface area contributed by atoms with Crippen molar-refractivity contribution in [3.8, 4) is 5.75 Å². The molecule has 0 heterocycles. The van der Waals surface area contributed by atoms with Crippen molar-refractivity contribution in [2.24, 2.45) is 4.99 Å². The molecule has 0 unspecified atom stereocenters. The third-order valence-electron chi connectivity index (χ3n) is 3.89. The zero-order valence-corrected chi connectivity index (χ0v) is 18.3. The Hall–Kier alpha value is -1.96. The Labute approximate surface area is 174 Å². The molecule has 2 aromatic carbocycles. The van der Waals surface area contributed by atoms with Gasteiger partial charge in [0.1, 0.15) is 12.4 Å². The van der Waals surface area contributed by atoms with E-state index in [0.717, 1.165) is 24.8 Å². The van der Waals surface area contributed by atoms with Gasteiger partial charge in [-0.2, -0.15) is 0 Å². The summed E-state index contributed by atoms with van der Waals surface area (Å²) in [5.41, 5.74) is 2.42. The van der Waals surface area contributed by atoms with Gasteiger partial charge in [0.2, 0.25) is 0 Å². The zero-order valence-electron chi connectivity index (χ0n) is 16.0. The van der Waals surface area contributed by atoms with Crippen LogP contribution in [-0.2, 0) is 6.54 Å². The maximum Gasteiger partial charge on any atom is 0.193 e. The predicted molar refractivity (Wildman–Crippen MR) is 121 cm³/mol. The largest absolute Gasteiger partial charge is 0.492 e. The lowest BCUT2D eigenvalue weighted by atomic mass is 10.2. The van der Waals surface area contributed by atoms with E-state index in [1.54, 1.807) is 7.05 Å². The van der Waals surface area contributed by atoms with E-state index in [9.17, 15) is 0 Å². The first-order valence-corrected chi connectivity index (χ1v) is 8.46. The Morgan fingerprint density at radius 3 is 2.42 bits per heavy atom. The summed E-state index contributed by atoms with van der Waals surface area (Å²) in [6.07, 6.45) is 0. The number of hydrogen-bond donors (Lipinski definition) is 1. The maximum atomic E-state index is 5.75. The van der Waals surface area contributed by atoms with Crippen molar-refractivity contribution in [2.75, 3.05) is 46.2 Å². The second-order valence-electron chi connectivity index (χ2n) is 6.05. The van der Waals surface area contributed by atoms with Gasteiger partial charge in [-0.25, -0.2) is 0 Å². The summed E-state index contributed by atoms with van der Waals surface area (Å²) in [5.74, 6) is 1.74. The number of hydrogen-bond acceptors (Lipinski definition) is 3. The van der Waals surface area contributed by atoms with E-state index in [-0.39, 0.29) is 24.0 Å². The summed E-state index contributed by atoms with van der Waals surface area (Å²) in [4.78, 5) is 8.52. The van der Waals surface area contributed by atoms with Crippen LogP contribution in [0.25, 0.3) is 0 Å². The van der Waals surface area contributed by atoms with Crippen LogP contribution in [0.2, 0.25) is 0 Å². The molecular formula is C20H29IN4O. The molecule has 0 fully saturated rings. The van der Waals surface area contributed by atoms with Crippen molar-refractivity contribution in [1.29, 1.82) is 0 Å². The van der Waals surface area contributed by atoms with Gasteiger partial charge in [0.05, 0.1) is 6.54 Å². The number of anilines is 1. The van der Waals surface area contributed by atoms with Gasteiger partial charge in [-0.1, -0.05) is 30.3 Å². The number of ether oxygens (including phenoxy) is 1. The zero-order chi connectivity index (χ0) is 18.1. The van der Waals surface area contributed by atoms with Crippen molar-refractivity contribution in [3.63, 3.8) is 0 Å². The van der Waals surface area contributed by atoms with Crippen LogP contribution in [0.5, 0.6) is 5.75 Å². The molecule has 0 radical (unpaired) electrons. The number of benzene rings is 2. The summed E-state index contributed by atoms with van der Waals surface area (Å²) < 4.78 is 5.75. The van der Waals surface area contributed by atoms with Crippen LogP contribution in [0.1, 0.15) is 5.56 Å². The van der Waals surface area contributed by atoms with E-state index in [1.807, 2.05) is 51.5 Å². The van der Waals surface area contributed by atoms with Crippen LogP contribution < -0.4 is 15.0 Å². The summed E-state index contributed by atoms with van der Waals surface area (Å²) >= 11 is 0. The van der Waals surface area contributed by atoms with E-state index in [2.05, 4.69) is 44.4 Å². The number of aliphatic imine (C=N–C) groups is 1. The molecule has 1 N–H and O–H groups in total. The van der Waals surface area contributed by atoms with Gasteiger partial charge in [0.25, 0.3) is 0 Å². The van der Waals surface area contributed by atoms with Crippen molar-refractivity contribution >= 4 is 35.6 Å². The monoisotopic (exact) mass is 468 g/mol. The van der Waals surface area contributed by atoms with E-state index < -0.39 is 0 Å². The van der Waals surface area contributed by atoms with Crippen LogP contribution >= 0.6 is 24.0 Å². The predicted octanol–water partition coefficient (Wildman–Crippen LogP) is 3.46. The number of rotatable bonds is 7. The van der Waals surface area contributed by atoms with E-state index in [1.165, 1.54) is 11.3 Å². The fourth-order valence-corrected chi connectivity index (χ4v) is 2.43. The lowest BCUT2D eigenvalue weighted by molar-refractivity contribution is 0.281. The Bertz CT molecular complexity index is 677. The van der Waals surface area contributed by atoms with Crippen LogP contribution in [0.3, 0.4) is 0 Å². The minimum atomic E-state index is 0. The second-order valence-corrected chi connectivity index (χ2v) is 6.05. The Kier molecular flexibility index (Phi) is 9.87. The molecule has 0 aliphatic heterocycles. The Balaban J connectivity index is 0.00000338. The highest BCUT2D eigenvalue weighted by atomic mass is 127. The maximum absolute atomic E-state index is 5.75. The highest BCUT2D eigenvalue weighted by Gasteiger charge is 2.06. The highest BCUT2D eigenvalue weighted by Crippen LogP contribution is 2.13. The highest BCUT2D eigenvalue weighted by molar-refractivity contribution is 14.0. The lowest BCUT2D eigenvalue weighted by Crippen LogP contribution is -2.40. The third-order valence-corrected chi connectivity index (χ3v) is 3.89. The number of para-hydroxylation sites is 1. The van der Waals surface area contributed by atoms with Crippen molar-refractivity contribution in [3.05, 3.63) is 60.2 Å². The van der Waals surface area contributed by atoms with Gasteiger partial charge >= 0.3 is 0 Å². The van der Waals surface area contributed by atoms with Crippen molar-refractivity contribution in [2.45, 2.75) is 6.54 Å². The van der Waals surface area contributed by atoms with Gasteiger partial charge in [0.15, 0.2) is 5.96 Å². The molecule has 0 bridgehead atoms. The van der Waals surface area contributed by atoms with Crippen molar-refractivity contribution in [1.82, 2.24) is 10.2 Å². The SMILES string of the molecule is CN=C(NCc1cccc(N(C)C)c1)N(C)CCOc1ccccc1.I. The van der Waals surface area contributed by atoms with Crippen LogP contribution in [-0.4, -0.2) is 52.2 Å². The molecule has 0 spiro atoms. The van der Waals surface area contributed by atoms with E-state index in [4.69, 9.17) is 4.74 Å². The fourth-order valence-electron chi connectivity index (χ4n) is 2.43. The summed E-state index contributed by atoms with van der Waals surface area (Å²) in [7, 11) is 7.91. The summed E-state index contributed by atoms with van der Waals surface area (Å²) in [5, 5.41) is 3.40. The molecule has 0 amide bonds. The number of guanidine groups is 1. The first-order chi connectivity index (χ1) is 12.1. The standard InChI is InChI=1S/C20H28N4O.HI/c1-21-20(22-16-17-9-8-10-18(15-17)23(2)3)24(4)13-14-25-19-11-6-5-7-12-19;/h5-12,15H,13-14,16H2,1-4H3,(H,21,22);1H. The molecule has 2 rings (SSSR count).